The lowest BCUT2D eigenvalue weighted by Crippen LogP contribution is -2.13. The molecule has 0 spiro atoms. The zero-order valence-corrected chi connectivity index (χ0v) is 14.2. The van der Waals surface area contributed by atoms with Crippen molar-refractivity contribution in [3.63, 3.8) is 0 Å². The molecule has 0 aliphatic carbocycles. The van der Waals surface area contributed by atoms with E-state index in [-0.39, 0.29) is 29.2 Å². The van der Waals surface area contributed by atoms with Crippen LogP contribution in [0.5, 0.6) is 5.75 Å². The van der Waals surface area contributed by atoms with Crippen LogP contribution >= 0.6 is 11.8 Å². The molecule has 1 saturated heterocycles. The van der Waals surface area contributed by atoms with Crippen LogP contribution in [0.2, 0.25) is 0 Å². The molecule has 0 aromatic heterocycles. The first-order valence-corrected chi connectivity index (χ1v) is 8.76. The minimum absolute atomic E-state index is 0.00820. The molecule has 6 heteroatoms. The van der Waals surface area contributed by atoms with Crippen LogP contribution in [-0.2, 0) is 16.0 Å². The lowest BCUT2D eigenvalue weighted by atomic mass is 10.1. The fraction of sp³-hybridized carbons (Fsp3) is 0.263. The van der Waals surface area contributed by atoms with E-state index in [0.717, 1.165) is 17.3 Å². The van der Waals surface area contributed by atoms with Crippen molar-refractivity contribution in [3.8, 4) is 5.75 Å². The third-order valence-electron chi connectivity index (χ3n) is 3.94. The van der Waals surface area contributed by atoms with Crippen LogP contribution in [-0.4, -0.2) is 27.9 Å². The van der Waals surface area contributed by atoms with Crippen molar-refractivity contribution in [2.24, 2.45) is 0 Å². The summed E-state index contributed by atoms with van der Waals surface area (Å²) >= 11 is 1.10. The second-order valence-corrected chi connectivity index (χ2v) is 7.11. The molecule has 25 heavy (non-hydrogen) atoms. The Morgan fingerprint density at radius 2 is 1.96 bits per heavy atom. The van der Waals surface area contributed by atoms with E-state index in [1.165, 1.54) is 18.2 Å². The lowest BCUT2D eigenvalue weighted by molar-refractivity contribution is -0.121. The summed E-state index contributed by atoms with van der Waals surface area (Å²) in [6, 6.07) is 12.9. The average molecular weight is 360 g/mol. The minimum Gasteiger partial charge on any atom is -0.491 e. The molecule has 130 valence electrons. The molecule has 2 aromatic rings. The Kier molecular flexibility index (Phi) is 5.50. The largest absolute Gasteiger partial charge is 0.491 e. The highest BCUT2D eigenvalue weighted by Gasteiger charge is 2.31. The molecule has 0 bridgehead atoms. The number of Topliss-reactive ketones (excluding diaryl/α,β-unsaturated/α-hetero) is 1. The van der Waals surface area contributed by atoms with Gasteiger partial charge in [0, 0.05) is 0 Å². The summed E-state index contributed by atoms with van der Waals surface area (Å²) in [6.45, 7) is 0.00820. The predicted molar refractivity (Wildman–Crippen MR) is 93.0 cm³/mol. The van der Waals surface area contributed by atoms with Crippen molar-refractivity contribution in [3.05, 3.63) is 65.5 Å². The standard InChI is InChI=1S/C19H17FO4S/c20-14-3-1-2-13(9-14)17(22)11-24-15-6-4-12(5-7-15)8-18-16(21)10-19(23)25-18/h1-7,9,17-18,22H,8,10-11H2. The minimum atomic E-state index is -0.922. The highest BCUT2D eigenvalue weighted by atomic mass is 32.2. The summed E-state index contributed by atoms with van der Waals surface area (Å²) in [5.74, 6) is 0.146. The Morgan fingerprint density at radius 1 is 1.20 bits per heavy atom. The van der Waals surface area contributed by atoms with E-state index < -0.39 is 11.9 Å². The van der Waals surface area contributed by atoms with Crippen LogP contribution in [0.15, 0.2) is 48.5 Å². The fourth-order valence-corrected chi connectivity index (χ4v) is 3.63. The molecule has 2 atom stereocenters. The number of carbonyl (C=O) groups is 2. The number of aliphatic hydroxyl groups is 1. The van der Waals surface area contributed by atoms with Crippen molar-refractivity contribution in [1.82, 2.24) is 0 Å². The summed E-state index contributed by atoms with van der Waals surface area (Å²) in [5, 5.41) is 9.68. The first kappa shape index (κ1) is 17.6. The second kappa shape index (κ2) is 7.80. The Morgan fingerprint density at radius 3 is 2.60 bits per heavy atom. The van der Waals surface area contributed by atoms with Crippen molar-refractivity contribution >= 4 is 22.7 Å². The van der Waals surface area contributed by atoms with Crippen LogP contribution in [0.3, 0.4) is 0 Å². The van der Waals surface area contributed by atoms with Crippen LogP contribution in [0, 0.1) is 5.82 Å². The molecular formula is C19H17FO4S. The average Bonchev–Trinajstić information content (AvgIpc) is 2.91. The second-order valence-electron chi connectivity index (χ2n) is 5.85. The van der Waals surface area contributed by atoms with Gasteiger partial charge in [0.2, 0.25) is 0 Å². The number of aliphatic hydroxyl groups excluding tert-OH is 1. The molecular weight excluding hydrogens is 343 g/mol. The molecule has 1 fully saturated rings. The summed E-state index contributed by atoms with van der Waals surface area (Å²) in [4.78, 5) is 22.9. The molecule has 1 N–H and O–H groups in total. The van der Waals surface area contributed by atoms with E-state index in [2.05, 4.69) is 0 Å². The van der Waals surface area contributed by atoms with E-state index in [1.807, 2.05) is 12.1 Å². The number of benzene rings is 2. The lowest BCUT2D eigenvalue weighted by Gasteiger charge is -2.13. The number of halogens is 1. The molecule has 0 saturated carbocycles. The third-order valence-corrected chi connectivity index (χ3v) is 5.06. The molecule has 1 aliphatic rings. The molecule has 1 aliphatic heterocycles. The zero-order chi connectivity index (χ0) is 17.8. The van der Waals surface area contributed by atoms with Gasteiger partial charge in [-0.1, -0.05) is 36.0 Å². The van der Waals surface area contributed by atoms with Crippen molar-refractivity contribution in [1.29, 1.82) is 0 Å². The van der Waals surface area contributed by atoms with Crippen molar-refractivity contribution < 1.29 is 23.8 Å². The van der Waals surface area contributed by atoms with Gasteiger partial charge >= 0.3 is 0 Å². The Balaban J connectivity index is 1.54. The fourth-order valence-electron chi connectivity index (χ4n) is 2.60. The Labute approximate surface area is 149 Å². The van der Waals surface area contributed by atoms with E-state index in [9.17, 15) is 19.1 Å². The van der Waals surface area contributed by atoms with Crippen LogP contribution < -0.4 is 4.74 Å². The summed E-state index contributed by atoms with van der Waals surface area (Å²) in [6.07, 6.45) is -0.385. The molecule has 4 nitrogen and oxygen atoms in total. The SMILES string of the molecule is O=C1CC(=O)C(Cc2ccc(OCC(O)c3cccc(F)c3)cc2)S1. The smallest absolute Gasteiger partial charge is 0.197 e. The quantitative estimate of drug-likeness (QED) is 0.802. The molecule has 2 aromatic carbocycles. The number of ketones is 1. The van der Waals surface area contributed by atoms with E-state index in [0.29, 0.717) is 17.7 Å². The summed E-state index contributed by atoms with van der Waals surface area (Å²) < 4.78 is 18.7. The van der Waals surface area contributed by atoms with E-state index in [1.54, 1.807) is 18.2 Å². The maximum absolute atomic E-state index is 13.2. The van der Waals surface area contributed by atoms with Crippen LogP contribution in [0.25, 0.3) is 0 Å². The number of thioether (sulfide) groups is 1. The molecule has 3 rings (SSSR count). The zero-order valence-electron chi connectivity index (χ0n) is 13.4. The van der Waals surface area contributed by atoms with E-state index >= 15 is 0 Å². The number of ether oxygens (including phenoxy) is 1. The first-order chi connectivity index (χ1) is 12.0. The number of hydrogen-bond acceptors (Lipinski definition) is 5. The van der Waals surface area contributed by atoms with E-state index in [4.69, 9.17) is 4.74 Å². The van der Waals surface area contributed by atoms with Crippen molar-refractivity contribution in [2.75, 3.05) is 6.61 Å². The van der Waals surface area contributed by atoms with Gasteiger partial charge in [-0.2, -0.15) is 0 Å². The van der Waals surface area contributed by atoms with Gasteiger partial charge in [-0.15, -0.1) is 0 Å². The van der Waals surface area contributed by atoms with Gasteiger partial charge in [-0.25, -0.2) is 4.39 Å². The normalized spacial score (nSPS) is 18.4. The molecule has 1 heterocycles. The maximum atomic E-state index is 13.2. The highest BCUT2D eigenvalue weighted by Crippen LogP contribution is 2.28. The van der Waals surface area contributed by atoms with Gasteiger partial charge in [0.15, 0.2) is 10.9 Å². The predicted octanol–water partition coefficient (Wildman–Crippen LogP) is 3.08. The van der Waals surface area contributed by atoms with Gasteiger partial charge in [-0.3, -0.25) is 9.59 Å². The van der Waals surface area contributed by atoms with Gasteiger partial charge in [0.05, 0.1) is 11.7 Å². The molecule has 0 amide bonds. The molecule has 2 unspecified atom stereocenters. The van der Waals surface area contributed by atoms with Gasteiger partial charge in [0.1, 0.15) is 24.3 Å². The van der Waals surface area contributed by atoms with Crippen LogP contribution in [0.1, 0.15) is 23.7 Å². The summed E-state index contributed by atoms with van der Waals surface area (Å²) in [5.41, 5.74) is 1.40. The monoisotopic (exact) mass is 360 g/mol. The van der Waals surface area contributed by atoms with Gasteiger partial charge < -0.3 is 9.84 Å². The van der Waals surface area contributed by atoms with Gasteiger partial charge in [0.25, 0.3) is 0 Å². The topological polar surface area (TPSA) is 63.6 Å². The number of rotatable bonds is 6. The molecule has 0 radical (unpaired) electrons. The number of hydrogen-bond donors (Lipinski definition) is 1. The van der Waals surface area contributed by atoms with Crippen molar-refractivity contribution in [2.45, 2.75) is 24.2 Å². The third kappa shape index (κ3) is 4.67. The van der Waals surface area contributed by atoms with Crippen LogP contribution in [0.4, 0.5) is 4.39 Å². The highest BCUT2D eigenvalue weighted by molar-refractivity contribution is 8.15. The first-order valence-electron chi connectivity index (χ1n) is 7.89. The Bertz CT molecular complexity index is 775. The Hall–Kier alpha value is -2.18. The number of carbonyl (C=O) groups excluding carboxylic acids is 2. The summed E-state index contributed by atoms with van der Waals surface area (Å²) in [7, 11) is 0. The maximum Gasteiger partial charge on any atom is 0.197 e. The van der Waals surface area contributed by atoms with Gasteiger partial charge in [-0.05, 0) is 41.8 Å².